The van der Waals surface area contributed by atoms with Gasteiger partial charge in [0.1, 0.15) is 11.0 Å². The average molecular weight is 196 g/mol. The van der Waals surface area contributed by atoms with Crippen molar-refractivity contribution >= 4 is 22.5 Å². The number of fused-ring (bicyclic) bond motifs is 1. The van der Waals surface area contributed by atoms with Gasteiger partial charge in [-0.3, -0.25) is 4.79 Å². The second-order valence-electron chi connectivity index (χ2n) is 2.68. The summed E-state index contributed by atoms with van der Waals surface area (Å²) in [4.78, 5) is 21.8. The van der Waals surface area contributed by atoms with Crippen LogP contribution in [0.5, 0.6) is 0 Å². The average Bonchev–Trinajstić information content (AvgIpc) is 2.02. The predicted octanol–water partition coefficient (Wildman–Crippen LogP) is 1.28. The summed E-state index contributed by atoms with van der Waals surface area (Å²) in [6.45, 7) is 1.72. The van der Waals surface area contributed by atoms with Gasteiger partial charge in [-0.15, -0.1) is 0 Å². The first-order chi connectivity index (χ1) is 6.16. The van der Waals surface area contributed by atoms with Crippen LogP contribution in [-0.2, 0) is 0 Å². The Morgan fingerprint density at radius 1 is 1.54 bits per heavy atom. The van der Waals surface area contributed by atoms with E-state index in [9.17, 15) is 4.79 Å². The highest BCUT2D eigenvalue weighted by atomic mass is 35.5. The van der Waals surface area contributed by atoms with Crippen LogP contribution in [0, 0.1) is 6.92 Å². The van der Waals surface area contributed by atoms with Crippen molar-refractivity contribution in [2.75, 3.05) is 0 Å². The van der Waals surface area contributed by atoms with Gasteiger partial charge >= 0.3 is 0 Å². The third-order valence-electron chi connectivity index (χ3n) is 1.68. The van der Waals surface area contributed by atoms with Gasteiger partial charge in [0.15, 0.2) is 0 Å². The molecule has 13 heavy (non-hydrogen) atoms. The smallest absolute Gasteiger partial charge is 0.260 e. The molecule has 0 amide bonds. The number of H-pyrrole nitrogens is 1. The second kappa shape index (κ2) is 2.81. The standard InChI is InChI=1S/C8H6ClN3O/c1-4-11-6-2-7(9)10-3-5(6)8(13)12-4/h2-3H,1H3,(H,11,12,13). The summed E-state index contributed by atoms with van der Waals surface area (Å²) in [5.74, 6) is 0.569. The number of hydrogen-bond donors (Lipinski definition) is 1. The molecule has 0 fully saturated rings. The van der Waals surface area contributed by atoms with Gasteiger partial charge in [-0.1, -0.05) is 11.6 Å². The number of nitrogens with one attached hydrogen (secondary N) is 1. The van der Waals surface area contributed by atoms with E-state index in [1.165, 1.54) is 6.20 Å². The Morgan fingerprint density at radius 2 is 2.31 bits per heavy atom. The highest BCUT2D eigenvalue weighted by molar-refractivity contribution is 6.29. The molecule has 2 heterocycles. The Bertz CT molecular complexity index is 515. The third kappa shape index (κ3) is 1.40. The first kappa shape index (κ1) is 8.19. The number of pyridine rings is 1. The van der Waals surface area contributed by atoms with Gasteiger partial charge < -0.3 is 4.98 Å². The highest BCUT2D eigenvalue weighted by Crippen LogP contribution is 2.10. The monoisotopic (exact) mass is 195 g/mol. The minimum atomic E-state index is -0.188. The normalized spacial score (nSPS) is 10.6. The molecule has 0 saturated heterocycles. The number of nitrogens with zero attached hydrogens (tertiary/aromatic N) is 2. The van der Waals surface area contributed by atoms with Crippen molar-refractivity contribution in [2.45, 2.75) is 6.92 Å². The minimum absolute atomic E-state index is 0.188. The van der Waals surface area contributed by atoms with Gasteiger partial charge in [0.2, 0.25) is 0 Å². The van der Waals surface area contributed by atoms with E-state index in [0.717, 1.165) is 0 Å². The molecule has 0 radical (unpaired) electrons. The molecule has 0 aliphatic rings. The van der Waals surface area contributed by atoms with E-state index in [0.29, 0.717) is 21.9 Å². The van der Waals surface area contributed by atoms with Crippen molar-refractivity contribution < 1.29 is 0 Å². The number of rotatable bonds is 0. The molecule has 2 rings (SSSR count). The molecule has 4 nitrogen and oxygen atoms in total. The maximum absolute atomic E-state index is 11.3. The molecule has 0 bridgehead atoms. The van der Waals surface area contributed by atoms with Crippen LogP contribution in [0.1, 0.15) is 5.82 Å². The second-order valence-corrected chi connectivity index (χ2v) is 3.06. The Labute approximate surface area is 78.6 Å². The molecule has 5 heteroatoms. The lowest BCUT2D eigenvalue weighted by atomic mass is 10.3. The zero-order valence-corrected chi connectivity index (χ0v) is 7.59. The molecule has 0 saturated carbocycles. The zero-order chi connectivity index (χ0) is 9.42. The van der Waals surface area contributed by atoms with Crippen LogP contribution in [0.15, 0.2) is 17.1 Å². The largest absolute Gasteiger partial charge is 0.310 e. The number of aryl methyl sites for hydroxylation is 1. The number of aromatic amines is 1. The van der Waals surface area contributed by atoms with Gasteiger partial charge in [0, 0.05) is 12.3 Å². The first-order valence-corrected chi connectivity index (χ1v) is 4.07. The summed E-state index contributed by atoms with van der Waals surface area (Å²) in [5.41, 5.74) is 0.382. The summed E-state index contributed by atoms with van der Waals surface area (Å²) in [6, 6.07) is 1.57. The zero-order valence-electron chi connectivity index (χ0n) is 6.84. The minimum Gasteiger partial charge on any atom is -0.310 e. The van der Waals surface area contributed by atoms with E-state index in [1.807, 2.05) is 0 Å². The fraction of sp³-hybridized carbons (Fsp3) is 0.125. The molecule has 2 aromatic heterocycles. The van der Waals surface area contributed by atoms with Crippen LogP contribution in [0.2, 0.25) is 5.15 Å². The van der Waals surface area contributed by atoms with Crippen LogP contribution >= 0.6 is 11.6 Å². The fourth-order valence-corrected chi connectivity index (χ4v) is 1.28. The molecule has 2 aromatic rings. The van der Waals surface area contributed by atoms with Crippen molar-refractivity contribution in [1.29, 1.82) is 0 Å². The fourth-order valence-electron chi connectivity index (χ4n) is 1.13. The molecule has 0 spiro atoms. The summed E-state index contributed by atoms with van der Waals surface area (Å²) < 4.78 is 0. The maximum atomic E-state index is 11.3. The van der Waals surface area contributed by atoms with Crippen molar-refractivity contribution in [2.24, 2.45) is 0 Å². The molecule has 0 unspecified atom stereocenters. The van der Waals surface area contributed by atoms with Crippen molar-refractivity contribution in [1.82, 2.24) is 15.0 Å². The first-order valence-electron chi connectivity index (χ1n) is 3.69. The van der Waals surface area contributed by atoms with Crippen LogP contribution in [0.4, 0.5) is 0 Å². The van der Waals surface area contributed by atoms with Crippen LogP contribution in [-0.4, -0.2) is 15.0 Å². The Morgan fingerprint density at radius 3 is 3.08 bits per heavy atom. The Balaban J connectivity index is 2.95. The van der Waals surface area contributed by atoms with E-state index in [-0.39, 0.29) is 5.56 Å². The van der Waals surface area contributed by atoms with E-state index < -0.39 is 0 Å². The molecular weight excluding hydrogens is 190 g/mol. The van der Waals surface area contributed by atoms with E-state index in [2.05, 4.69) is 15.0 Å². The third-order valence-corrected chi connectivity index (χ3v) is 1.88. The van der Waals surface area contributed by atoms with E-state index in [1.54, 1.807) is 13.0 Å². The van der Waals surface area contributed by atoms with Crippen LogP contribution in [0.25, 0.3) is 10.9 Å². The topological polar surface area (TPSA) is 58.6 Å². The van der Waals surface area contributed by atoms with Gasteiger partial charge in [-0.2, -0.15) is 0 Å². The molecule has 1 N–H and O–H groups in total. The number of hydrogen-bond acceptors (Lipinski definition) is 3. The van der Waals surface area contributed by atoms with E-state index >= 15 is 0 Å². The van der Waals surface area contributed by atoms with Gasteiger partial charge in [0.25, 0.3) is 5.56 Å². The molecule has 66 valence electrons. The van der Waals surface area contributed by atoms with Gasteiger partial charge in [-0.05, 0) is 6.92 Å². The summed E-state index contributed by atoms with van der Waals surface area (Å²) in [7, 11) is 0. The predicted molar refractivity (Wildman–Crippen MR) is 49.9 cm³/mol. The van der Waals surface area contributed by atoms with Gasteiger partial charge in [0.05, 0.1) is 10.9 Å². The van der Waals surface area contributed by atoms with E-state index in [4.69, 9.17) is 11.6 Å². The number of aromatic nitrogens is 3. The maximum Gasteiger partial charge on any atom is 0.260 e. The van der Waals surface area contributed by atoms with Crippen molar-refractivity contribution in [3.8, 4) is 0 Å². The SMILES string of the molecule is Cc1nc2cc(Cl)ncc2c(=O)[nH]1. The van der Waals surface area contributed by atoms with Crippen molar-refractivity contribution in [3.63, 3.8) is 0 Å². The van der Waals surface area contributed by atoms with Gasteiger partial charge in [-0.25, -0.2) is 9.97 Å². The molecule has 0 aliphatic carbocycles. The molecule has 0 atom stereocenters. The molecular formula is C8H6ClN3O. The quantitative estimate of drug-likeness (QED) is 0.645. The lowest BCUT2D eigenvalue weighted by Crippen LogP contribution is -2.09. The highest BCUT2D eigenvalue weighted by Gasteiger charge is 2.01. The summed E-state index contributed by atoms with van der Waals surface area (Å²) in [5, 5.41) is 0.792. The number of halogens is 1. The lowest BCUT2D eigenvalue weighted by Gasteiger charge is -1.97. The summed E-state index contributed by atoms with van der Waals surface area (Å²) >= 11 is 5.66. The van der Waals surface area contributed by atoms with Crippen LogP contribution < -0.4 is 5.56 Å². The van der Waals surface area contributed by atoms with Crippen LogP contribution in [0.3, 0.4) is 0 Å². The van der Waals surface area contributed by atoms with Crippen molar-refractivity contribution in [3.05, 3.63) is 33.6 Å². The summed E-state index contributed by atoms with van der Waals surface area (Å²) in [6.07, 6.45) is 1.42. The lowest BCUT2D eigenvalue weighted by molar-refractivity contribution is 1.05. The Kier molecular flexibility index (Phi) is 1.77. The Hall–Kier alpha value is -1.42. The molecule has 0 aliphatic heterocycles. The molecule has 0 aromatic carbocycles.